The topological polar surface area (TPSA) is 75.3 Å². The molecule has 2 aromatic rings. The first-order chi connectivity index (χ1) is 14.2. The lowest BCUT2D eigenvalue weighted by molar-refractivity contribution is 0.138. The van der Waals surface area contributed by atoms with Crippen LogP contribution >= 0.6 is 7.60 Å². The third-order valence-corrected chi connectivity index (χ3v) is 6.60. The SMILES string of the molecule is COc1cc([C@@H](Nc2ccccc2)P(=O)(OC(C)C)OC(C)C)cc(OC)c1OC. The molecule has 0 unspecified atom stereocenters. The standard InChI is InChI=1S/C22H32NO6P/c1-15(2)28-30(24,29-16(3)4)22(23-18-11-9-8-10-12-18)17-13-19(25-5)21(27-7)20(14-17)26-6/h8-16,22-23H,1-7H3/t22-/m0/s1. The highest BCUT2D eigenvalue weighted by Crippen LogP contribution is 2.63. The zero-order valence-corrected chi connectivity index (χ0v) is 19.6. The highest BCUT2D eigenvalue weighted by atomic mass is 31.2. The molecular formula is C22H32NO6P. The molecule has 2 aromatic carbocycles. The molecule has 0 aliphatic carbocycles. The minimum absolute atomic E-state index is 0.309. The van der Waals surface area contributed by atoms with Gasteiger partial charge in [-0.2, -0.15) is 0 Å². The van der Waals surface area contributed by atoms with Gasteiger partial charge in [0.2, 0.25) is 5.75 Å². The Hall–Kier alpha value is -2.21. The highest BCUT2D eigenvalue weighted by Gasteiger charge is 2.40. The van der Waals surface area contributed by atoms with Crippen molar-refractivity contribution in [3.05, 3.63) is 48.0 Å². The average molecular weight is 437 g/mol. The number of hydrogen-bond acceptors (Lipinski definition) is 7. The van der Waals surface area contributed by atoms with Gasteiger partial charge in [-0.25, -0.2) is 0 Å². The largest absolute Gasteiger partial charge is 0.493 e. The van der Waals surface area contributed by atoms with Crippen molar-refractivity contribution in [3.8, 4) is 17.2 Å². The molecule has 2 rings (SSSR count). The molecule has 8 heteroatoms. The van der Waals surface area contributed by atoms with Gasteiger partial charge in [0.15, 0.2) is 17.3 Å². The third-order valence-electron chi connectivity index (χ3n) is 4.11. The van der Waals surface area contributed by atoms with Crippen molar-refractivity contribution in [2.75, 3.05) is 26.6 Å². The van der Waals surface area contributed by atoms with Crippen LogP contribution in [0.1, 0.15) is 39.0 Å². The van der Waals surface area contributed by atoms with E-state index in [-0.39, 0.29) is 12.2 Å². The van der Waals surface area contributed by atoms with Crippen molar-refractivity contribution in [2.45, 2.75) is 45.7 Å². The summed E-state index contributed by atoms with van der Waals surface area (Å²) in [5.41, 5.74) is 1.40. The smallest absolute Gasteiger partial charge is 0.357 e. The Bertz CT molecular complexity index is 817. The highest BCUT2D eigenvalue weighted by molar-refractivity contribution is 7.54. The zero-order valence-electron chi connectivity index (χ0n) is 18.7. The molecule has 1 atom stereocenters. The normalized spacial score (nSPS) is 12.7. The van der Waals surface area contributed by atoms with Crippen molar-refractivity contribution < 1.29 is 27.8 Å². The molecule has 0 aliphatic rings. The molecule has 0 radical (unpaired) electrons. The van der Waals surface area contributed by atoms with Gasteiger partial charge in [-0.05, 0) is 57.5 Å². The molecule has 30 heavy (non-hydrogen) atoms. The van der Waals surface area contributed by atoms with Crippen LogP contribution in [0.5, 0.6) is 17.2 Å². The van der Waals surface area contributed by atoms with Crippen LogP contribution in [0.15, 0.2) is 42.5 Å². The Balaban J connectivity index is 2.67. The lowest BCUT2D eigenvalue weighted by atomic mass is 10.1. The van der Waals surface area contributed by atoms with Crippen LogP contribution in [0.2, 0.25) is 0 Å². The van der Waals surface area contributed by atoms with E-state index in [4.69, 9.17) is 23.3 Å². The second-order valence-electron chi connectivity index (χ2n) is 7.22. The maximum absolute atomic E-state index is 14.1. The van der Waals surface area contributed by atoms with Gasteiger partial charge >= 0.3 is 7.60 Å². The van der Waals surface area contributed by atoms with E-state index in [0.717, 1.165) is 5.69 Å². The summed E-state index contributed by atoms with van der Waals surface area (Å²) in [6.45, 7) is 7.30. The summed E-state index contributed by atoms with van der Waals surface area (Å²) in [6, 6.07) is 13.0. The van der Waals surface area contributed by atoms with E-state index in [2.05, 4.69) is 5.32 Å². The van der Waals surface area contributed by atoms with Crippen LogP contribution in [-0.4, -0.2) is 33.5 Å². The van der Waals surface area contributed by atoms with Crippen molar-refractivity contribution in [1.82, 2.24) is 0 Å². The molecule has 0 amide bonds. The minimum atomic E-state index is -3.68. The summed E-state index contributed by atoms with van der Waals surface area (Å²) in [5.74, 6) is 0.546. The van der Waals surface area contributed by atoms with Crippen molar-refractivity contribution in [1.29, 1.82) is 0 Å². The second kappa shape index (κ2) is 10.7. The summed E-state index contributed by atoms with van der Waals surface area (Å²) < 4.78 is 42.3. The fourth-order valence-electron chi connectivity index (χ4n) is 3.03. The Morgan fingerprint density at radius 2 is 1.30 bits per heavy atom. The average Bonchev–Trinajstić information content (AvgIpc) is 2.70. The van der Waals surface area contributed by atoms with E-state index in [0.29, 0.717) is 22.8 Å². The van der Waals surface area contributed by atoms with Crippen LogP contribution < -0.4 is 19.5 Å². The molecule has 1 N–H and O–H groups in total. The first-order valence-corrected chi connectivity index (χ1v) is 11.4. The quantitative estimate of drug-likeness (QED) is 0.441. The van der Waals surface area contributed by atoms with Crippen LogP contribution in [0.3, 0.4) is 0 Å². The molecule has 0 bridgehead atoms. The third kappa shape index (κ3) is 5.91. The van der Waals surface area contributed by atoms with Gasteiger partial charge in [-0.15, -0.1) is 0 Å². The fraction of sp³-hybridized carbons (Fsp3) is 0.455. The first-order valence-electron chi connectivity index (χ1n) is 9.82. The van der Waals surface area contributed by atoms with E-state index >= 15 is 0 Å². The van der Waals surface area contributed by atoms with Gasteiger partial charge in [0.05, 0.1) is 33.5 Å². The molecule has 0 heterocycles. The number of hydrogen-bond donors (Lipinski definition) is 1. The summed E-state index contributed by atoms with van der Waals surface area (Å²) >= 11 is 0. The summed E-state index contributed by atoms with van der Waals surface area (Å²) in [7, 11) is 0.934. The van der Waals surface area contributed by atoms with Crippen molar-refractivity contribution in [3.63, 3.8) is 0 Å². The predicted octanol–water partition coefficient (Wildman–Crippen LogP) is 5.87. The van der Waals surface area contributed by atoms with Crippen molar-refractivity contribution in [2.24, 2.45) is 0 Å². The molecule has 7 nitrogen and oxygen atoms in total. The Morgan fingerprint density at radius 3 is 1.70 bits per heavy atom. The van der Waals surface area contributed by atoms with Gasteiger partial charge in [-0.1, -0.05) is 18.2 Å². The number of para-hydroxylation sites is 1. The van der Waals surface area contributed by atoms with Crippen LogP contribution in [0, 0.1) is 0 Å². The van der Waals surface area contributed by atoms with Gasteiger partial charge in [0.25, 0.3) is 0 Å². The fourth-order valence-corrected chi connectivity index (χ4v) is 5.32. The van der Waals surface area contributed by atoms with E-state index < -0.39 is 13.4 Å². The first kappa shape index (κ1) is 24.1. The Kier molecular flexibility index (Phi) is 8.59. The maximum atomic E-state index is 14.1. The number of methoxy groups -OCH3 is 3. The van der Waals surface area contributed by atoms with Gasteiger partial charge in [0, 0.05) is 5.69 Å². The summed E-state index contributed by atoms with van der Waals surface area (Å²) in [5, 5.41) is 3.32. The van der Waals surface area contributed by atoms with E-state index in [1.807, 2.05) is 58.0 Å². The molecule has 0 saturated carbocycles. The second-order valence-corrected chi connectivity index (χ2v) is 9.24. The van der Waals surface area contributed by atoms with E-state index in [1.165, 1.54) is 21.3 Å². The molecule has 0 aliphatic heterocycles. The number of benzene rings is 2. The molecule has 0 aromatic heterocycles. The van der Waals surface area contributed by atoms with E-state index in [1.54, 1.807) is 12.1 Å². The van der Waals surface area contributed by atoms with Gasteiger partial charge in [0.1, 0.15) is 0 Å². The Morgan fingerprint density at radius 1 is 0.800 bits per heavy atom. The van der Waals surface area contributed by atoms with Crippen molar-refractivity contribution >= 4 is 13.3 Å². The maximum Gasteiger partial charge on any atom is 0.357 e. The lowest BCUT2D eigenvalue weighted by Crippen LogP contribution is -2.19. The summed E-state index contributed by atoms with van der Waals surface area (Å²) in [6.07, 6.45) is -0.617. The van der Waals surface area contributed by atoms with Crippen LogP contribution in [0.25, 0.3) is 0 Å². The lowest BCUT2D eigenvalue weighted by Gasteiger charge is -2.31. The molecule has 0 saturated heterocycles. The monoisotopic (exact) mass is 437 g/mol. The molecule has 0 spiro atoms. The molecular weight excluding hydrogens is 405 g/mol. The molecule has 166 valence electrons. The zero-order chi connectivity index (χ0) is 22.3. The summed E-state index contributed by atoms with van der Waals surface area (Å²) in [4.78, 5) is 0. The number of ether oxygens (including phenoxy) is 3. The van der Waals surface area contributed by atoms with E-state index in [9.17, 15) is 4.57 Å². The predicted molar refractivity (Wildman–Crippen MR) is 119 cm³/mol. The number of anilines is 1. The van der Waals surface area contributed by atoms with Crippen LogP contribution in [-0.2, 0) is 13.6 Å². The Labute approximate surface area is 179 Å². The minimum Gasteiger partial charge on any atom is -0.493 e. The number of rotatable bonds is 11. The van der Waals surface area contributed by atoms with Gasteiger partial charge in [-0.3, -0.25) is 4.57 Å². The molecule has 0 fully saturated rings. The number of nitrogens with one attached hydrogen (secondary N) is 1. The van der Waals surface area contributed by atoms with Gasteiger partial charge < -0.3 is 28.6 Å². The van der Waals surface area contributed by atoms with Crippen LogP contribution in [0.4, 0.5) is 5.69 Å².